The van der Waals surface area contributed by atoms with Crippen LogP contribution < -0.4 is 5.32 Å². The number of amides is 1. The molecule has 5 rings (SSSR count). The Balaban J connectivity index is 1.46. The van der Waals surface area contributed by atoms with Gasteiger partial charge in [0.05, 0.1) is 4.88 Å². The molecule has 1 aromatic carbocycles. The monoisotopic (exact) mass is 346 g/mol. The van der Waals surface area contributed by atoms with Crippen LogP contribution in [-0.2, 0) is 0 Å². The second kappa shape index (κ2) is 6.27. The quantitative estimate of drug-likeness (QED) is 0.914. The molecule has 0 aliphatic carbocycles. The Bertz CT molecular complexity index is 704. The lowest BCUT2D eigenvalue weighted by atomic mass is 9.84. The summed E-state index contributed by atoms with van der Waals surface area (Å²) in [5.74, 6) is 0.716. The number of fused-ring (bicyclic) bond motifs is 3. The number of benzene rings is 1. The normalized spacial score (nSPS) is 26.2. The molecule has 3 fully saturated rings. The molecule has 2 bridgehead atoms. The summed E-state index contributed by atoms with van der Waals surface area (Å²) in [5, 5.41) is 3.98. The first kappa shape index (κ1) is 15.2. The summed E-state index contributed by atoms with van der Waals surface area (Å²) in [6.07, 6.45) is 2.43. The first-order valence-corrected chi connectivity index (χ1v) is 9.27. The van der Waals surface area contributed by atoms with Gasteiger partial charge in [-0.2, -0.15) is 0 Å². The van der Waals surface area contributed by atoms with Gasteiger partial charge in [-0.05, 0) is 61.7 Å². The fraction of sp³-hybridized carbons (Fsp3) is 0.389. The van der Waals surface area contributed by atoms with Crippen molar-refractivity contribution in [3.05, 3.63) is 46.3 Å². The van der Waals surface area contributed by atoms with Crippen LogP contribution in [0.15, 0.2) is 36.4 Å². The Morgan fingerprint density at radius 2 is 1.87 bits per heavy atom. The van der Waals surface area contributed by atoms with E-state index in [0.717, 1.165) is 26.9 Å². The van der Waals surface area contributed by atoms with Crippen molar-refractivity contribution < 1.29 is 4.79 Å². The third-order valence-corrected chi connectivity index (χ3v) is 6.32. The maximum Gasteiger partial charge on any atom is 0.261 e. The lowest BCUT2D eigenvalue weighted by Gasteiger charge is -2.44. The summed E-state index contributed by atoms with van der Waals surface area (Å²) in [4.78, 5) is 16.9. The summed E-state index contributed by atoms with van der Waals surface area (Å²) in [6, 6.07) is 12.0. The van der Waals surface area contributed by atoms with E-state index in [1.807, 2.05) is 36.4 Å². The van der Waals surface area contributed by atoms with Crippen molar-refractivity contribution in [2.75, 3.05) is 19.6 Å². The van der Waals surface area contributed by atoms with Gasteiger partial charge >= 0.3 is 0 Å². The molecule has 1 amide bonds. The summed E-state index contributed by atoms with van der Waals surface area (Å²) in [7, 11) is 0. The van der Waals surface area contributed by atoms with Gasteiger partial charge in [0.1, 0.15) is 0 Å². The highest BCUT2D eigenvalue weighted by atomic mass is 35.5. The number of carbonyl (C=O) groups excluding carboxylic acids is 1. The van der Waals surface area contributed by atoms with Crippen molar-refractivity contribution in [2.24, 2.45) is 5.92 Å². The topological polar surface area (TPSA) is 32.3 Å². The molecule has 120 valence electrons. The second-order valence-corrected chi connectivity index (χ2v) is 7.91. The lowest BCUT2D eigenvalue weighted by molar-refractivity contribution is 0.0622. The number of rotatable bonds is 3. The Morgan fingerprint density at radius 3 is 2.52 bits per heavy atom. The number of carbonyl (C=O) groups is 1. The Kier molecular flexibility index (Phi) is 4.14. The molecule has 3 saturated heterocycles. The van der Waals surface area contributed by atoms with Gasteiger partial charge in [-0.3, -0.25) is 4.79 Å². The zero-order valence-corrected chi connectivity index (χ0v) is 14.4. The Labute approximate surface area is 145 Å². The highest BCUT2D eigenvalue weighted by Crippen LogP contribution is 2.30. The van der Waals surface area contributed by atoms with E-state index in [-0.39, 0.29) is 5.91 Å². The summed E-state index contributed by atoms with van der Waals surface area (Å²) < 4.78 is 0. The minimum absolute atomic E-state index is 0.0639. The first-order chi connectivity index (χ1) is 11.2. The predicted molar refractivity (Wildman–Crippen MR) is 95.2 cm³/mol. The van der Waals surface area contributed by atoms with Crippen LogP contribution in [0.3, 0.4) is 0 Å². The first-order valence-electron chi connectivity index (χ1n) is 8.08. The van der Waals surface area contributed by atoms with Crippen LogP contribution in [0.4, 0.5) is 0 Å². The molecular weight excluding hydrogens is 328 g/mol. The van der Waals surface area contributed by atoms with Crippen LogP contribution in [-0.4, -0.2) is 36.5 Å². The Hall–Kier alpha value is -1.36. The molecule has 5 heteroatoms. The SMILES string of the molecule is O=C(NC1CN2CCC1CC2)c1ccc(-c2ccc(Cl)cc2)s1. The van der Waals surface area contributed by atoms with Gasteiger partial charge in [0.2, 0.25) is 0 Å². The molecule has 1 atom stereocenters. The van der Waals surface area contributed by atoms with Crippen LogP contribution in [0.1, 0.15) is 22.5 Å². The summed E-state index contributed by atoms with van der Waals surface area (Å²) in [5.41, 5.74) is 1.10. The van der Waals surface area contributed by atoms with Gasteiger partial charge in [0.15, 0.2) is 0 Å². The molecule has 3 aliphatic heterocycles. The fourth-order valence-corrected chi connectivity index (χ4v) is 4.64. The number of nitrogens with one attached hydrogen (secondary N) is 1. The molecule has 0 saturated carbocycles. The fourth-order valence-electron chi connectivity index (χ4n) is 3.60. The maximum atomic E-state index is 12.5. The van der Waals surface area contributed by atoms with Gasteiger partial charge < -0.3 is 10.2 Å². The van der Waals surface area contributed by atoms with E-state index < -0.39 is 0 Å². The molecule has 1 unspecified atom stereocenters. The van der Waals surface area contributed by atoms with Crippen molar-refractivity contribution in [3.63, 3.8) is 0 Å². The van der Waals surface area contributed by atoms with Gasteiger partial charge in [-0.1, -0.05) is 23.7 Å². The molecule has 3 aliphatic rings. The van der Waals surface area contributed by atoms with E-state index in [1.165, 1.54) is 37.3 Å². The van der Waals surface area contributed by atoms with Crippen molar-refractivity contribution in [1.29, 1.82) is 0 Å². The van der Waals surface area contributed by atoms with Gasteiger partial charge in [0, 0.05) is 22.5 Å². The molecule has 23 heavy (non-hydrogen) atoms. The van der Waals surface area contributed by atoms with Crippen molar-refractivity contribution in [2.45, 2.75) is 18.9 Å². The lowest BCUT2D eigenvalue weighted by Crippen LogP contribution is -2.57. The van der Waals surface area contributed by atoms with Crippen molar-refractivity contribution in [1.82, 2.24) is 10.2 Å². The zero-order valence-electron chi connectivity index (χ0n) is 12.8. The number of halogens is 1. The third kappa shape index (κ3) is 3.16. The smallest absolute Gasteiger partial charge is 0.261 e. The van der Waals surface area contributed by atoms with Crippen LogP contribution in [0.25, 0.3) is 10.4 Å². The van der Waals surface area contributed by atoms with E-state index in [0.29, 0.717) is 12.0 Å². The number of hydrogen-bond acceptors (Lipinski definition) is 3. The average Bonchev–Trinajstić information content (AvgIpc) is 3.07. The number of thiophene rings is 1. The molecule has 4 heterocycles. The molecular formula is C18H19ClN2OS. The largest absolute Gasteiger partial charge is 0.347 e. The third-order valence-electron chi connectivity index (χ3n) is 4.93. The highest BCUT2D eigenvalue weighted by Gasteiger charge is 2.35. The van der Waals surface area contributed by atoms with E-state index in [1.54, 1.807) is 0 Å². The number of piperidine rings is 3. The van der Waals surface area contributed by atoms with E-state index in [2.05, 4.69) is 10.2 Å². The molecule has 0 spiro atoms. The van der Waals surface area contributed by atoms with E-state index >= 15 is 0 Å². The second-order valence-electron chi connectivity index (χ2n) is 6.39. The van der Waals surface area contributed by atoms with E-state index in [4.69, 9.17) is 11.6 Å². The van der Waals surface area contributed by atoms with Gasteiger partial charge in [-0.25, -0.2) is 0 Å². The molecule has 3 nitrogen and oxygen atoms in total. The van der Waals surface area contributed by atoms with Gasteiger partial charge in [0.25, 0.3) is 5.91 Å². The number of nitrogens with zero attached hydrogens (tertiary/aromatic N) is 1. The molecule has 1 N–H and O–H groups in total. The molecule has 1 aromatic heterocycles. The van der Waals surface area contributed by atoms with Crippen LogP contribution in [0.2, 0.25) is 5.02 Å². The van der Waals surface area contributed by atoms with E-state index in [9.17, 15) is 4.79 Å². The van der Waals surface area contributed by atoms with Crippen LogP contribution in [0, 0.1) is 5.92 Å². The zero-order chi connectivity index (χ0) is 15.8. The van der Waals surface area contributed by atoms with Crippen molar-refractivity contribution >= 4 is 28.8 Å². The van der Waals surface area contributed by atoms with Crippen molar-refractivity contribution in [3.8, 4) is 10.4 Å². The van der Waals surface area contributed by atoms with Crippen LogP contribution in [0.5, 0.6) is 0 Å². The minimum Gasteiger partial charge on any atom is -0.347 e. The minimum atomic E-state index is 0.0639. The van der Waals surface area contributed by atoms with Crippen LogP contribution >= 0.6 is 22.9 Å². The average molecular weight is 347 g/mol. The molecule has 2 aromatic rings. The summed E-state index contributed by atoms with van der Waals surface area (Å²) >= 11 is 7.47. The standard InChI is InChI=1S/C18H19ClN2OS/c19-14-3-1-13(2-4-14)16-5-6-17(23-16)18(22)20-15-11-21-9-7-12(15)8-10-21/h1-6,12,15H,7-11H2,(H,20,22). The van der Waals surface area contributed by atoms with Gasteiger partial charge in [-0.15, -0.1) is 11.3 Å². The molecule has 0 radical (unpaired) electrons. The number of hydrogen-bond donors (Lipinski definition) is 1. The highest BCUT2D eigenvalue weighted by molar-refractivity contribution is 7.17. The maximum absolute atomic E-state index is 12.5. The predicted octanol–water partition coefficient (Wildman–Crippen LogP) is 3.89. The summed E-state index contributed by atoms with van der Waals surface area (Å²) in [6.45, 7) is 3.39. The Morgan fingerprint density at radius 1 is 1.13 bits per heavy atom.